The highest BCUT2D eigenvalue weighted by Gasteiger charge is 2.32. The number of rotatable bonds is 0. The van der Waals surface area contributed by atoms with E-state index >= 15 is 0 Å². The Hall–Kier alpha value is -1.03. The third kappa shape index (κ3) is 0.992. The minimum absolute atomic E-state index is 0.0217. The summed E-state index contributed by atoms with van der Waals surface area (Å²) in [6, 6.07) is 0. The van der Waals surface area contributed by atoms with Gasteiger partial charge in [0.2, 0.25) is 5.91 Å². The van der Waals surface area contributed by atoms with Crippen LogP contribution in [0.3, 0.4) is 0 Å². The molecule has 0 saturated heterocycles. The molecule has 0 aliphatic carbocycles. The fourth-order valence-corrected chi connectivity index (χ4v) is 1.87. The summed E-state index contributed by atoms with van der Waals surface area (Å²) >= 11 is 1.58. The summed E-state index contributed by atoms with van der Waals surface area (Å²) in [7, 11) is 0. The van der Waals surface area contributed by atoms with Crippen molar-refractivity contribution in [2.24, 2.45) is 0 Å². The zero-order chi connectivity index (χ0) is 8.77. The molecule has 0 fully saturated rings. The average molecular weight is 182 g/mol. The molecule has 1 amide bonds. The normalized spacial score (nSPS) is 19.3. The van der Waals surface area contributed by atoms with Gasteiger partial charge in [-0.1, -0.05) is 0 Å². The van der Waals surface area contributed by atoms with E-state index in [2.05, 4.69) is 10.6 Å². The molecule has 2 N–H and O–H groups in total. The van der Waals surface area contributed by atoms with Crippen molar-refractivity contribution in [3.8, 4) is 0 Å². The van der Waals surface area contributed by atoms with Crippen LogP contribution < -0.4 is 10.6 Å². The first kappa shape index (κ1) is 7.61. The van der Waals surface area contributed by atoms with Crippen molar-refractivity contribution in [3.05, 3.63) is 10.8 Å². The van der Waals surface area contributed by atoms with Crippen LogP contribution in [0.1, 0.15) is 13.8 Å². The molecule has 0 bridgehead atoms. The van der Waals surface area contributed by atoms with Crippen LogP contribution >= 0.6 is 11.3 Å². The van der Waals surface area contributed by atoms with Crippen molar-refractivity contribution in [1.29, 1.82) is 0 Å². The minimum atomic E-state index is -0.492. The molecule has 0 spiro atoms. The predicted molar refractivity (Wildman–Crippen MR) is 50.7 cm³/mol. The zero-order valence-corrected chi connectivity index (χ0v) is 7.79. The van der Waals surface area contributed by atoms with Crippen molar-refractivity contribution in [2.75, 3.05) is 10.6 Å². The number of hydrogen-bond acceptors (Lipinski definition) is 3. The Morgan fingerprint density at radius 2 is 2.00 bits per heavy atom. The van der Waals surface area contributed by atoms with Crippen LogP contribution in [0.2, 0.25) is 0 Å². The summed E-state index contributed by atoms with van der Waals surface area (Å²) in [6.45, 7) is 3.73. The van der Waals surface area contributed by atoms with E-state index in [-0.39, 0.29) is 5.91 Å². The third-order valence-electron chi connectivity index (χ3n) is 1.92. The predicted octanol–water partition coefficient (Wildman–Crippen LogP) is 1.89. The molecule has 2 heterocycles. The highest BCUT2D eigenvalue weighted by atomic mass is 32.1. The van der Waals surface area contributed by atoms with Crippen LogP contribution in [0, 0.1) is 0 Å². The average Bonchev–Trinajstić information content (AvgIpc) is 2.35. The van der Waals surface area contributed by atoms with Crippen molar-refractivity contribution < 1.29 is 4.79 Å². The topological polar surface area (TPSA) is 41.1 Å². The van der Waals surface area contributed by atoms with Crippen LogP contribution in [0.5, 0.6) is 0 Å². The second-order valence-electron chi connectivity index (χ2n) is 3.40. The molecule has 0 unspecified atom stereocenters. The third-order valence-corrected chi connectivity index (χ3v) is 2.67. The number of hydrogen-bond donors (Lipinski definition) is 2. The molecule has 1 aliphatic heterocycles. The first-order valence-electron chi connectivity index (χ1n) is 3.75. The van der Waals surface area contributed by atoms with E-state index in [1.165, 1.54) is 0 Å². The Balaban J connectivity index is 2.42. The number of thiophene rings is 1. The van der Waals surface area contributed by atoms with Gasteiger partial charge in [-0.3, -0.25) is 4.79 Å². The first-order valence-corrected chi connectivity index (χ1v) is 4.70. The maximum Gasteiger partial charge on any atom is 0.249 e. The Labute approximate surface area is 74.8 Å². The zero-order valence-electron chi connectivity index (χ0n) is 6.97. The molecule has 0 atom stereocenters. The summed E-state index contributed by atoms with van der Waals surface area (Å²) in [5, 5.41) is 9.93. The van der Waals surface area contributed by atoms with E-state index in [1.54, 1.807) is 11.3 Å². The number of anilines is 2. The Bertz CT molecular complexity index is 330. The van der Waals surface area contributed by atoms with Gasteiger partial charge in [0, 0.05) is 10.8 Å². The van der Waals surface area contributed by atoms with Crippen molar-refractivity contribution >= 4 is 28.6 Å². The smallest absolute Gasteiger partial charge is 0.249 e. The summed E-state index contributed by atoms with van der Waals surface area (Å²) < 4.78 is 0. The van der Waals surface area contributed by atoms with Crippen LogP contribution in [0.4, 0.5) is 11.4 Å². The van der Waals surface area contributed by atoms with E-state index < -0.39 is 5.54 Å². The van der Waals surface area contributed by atoms with E-state index in [0.29, 0.717) is 0 Å². The standard InChI is InChI=1S/C8H10N2OS/c1-8(2)7(11)9-5-3-12-4-6(5)10-8/h3-4,10H,1-2H3,(H,9,11). The molecule has 12 heavy (non-hydrogen) atoms. The maximum absolute atomic E-state index is 11.4. The Morgan fingerprint density at radius 1 is 1.33 bits per heavy atom. The van der Waals surface area contributed by atoms with Gasteiger partial charge in [-0.25, -0.2) is 0 Å². The first-order chi connectivity index (χ1) is 5.59. The number of carbonyl (C=O) groups is 1. The van der Waals surface area contributed by atoms with E-state index in [0.717, 1.165) is 11.4 Å². The van der Waals surface area contributed by atoms with Crippen molar-refractivity contribution in [2.45, 2.75) is 19.4 Å². The van der Waals surface area contributed by atoms with Gasteiger partial charge in [0.25, 0.3) is 0 Å². The molecule has 1 aromatic heterocycles. The quantitative estimate of drug-likeness (QED) is 0.643. The molecular weight excluding hydrogens is 172 g/mol. The second kappa shape index (κ2) is 2.23. The molecule has 2 rings (SSSR count). The van der Waals surface area contributed by atoms with Gasteiger partial charge in [0.15, 0.2) is 0 Å². The van der Waals surface area contributed by atoms with Gasteiger partial charge >= 0.3 is 0 Å². The molecule has 0 aromatic carbocycles. The van der Waals surface area contributed by atoms with Gasteiger partial charge in [0.05, 0.1) is 11.4 Å². The molecule has 4 heteroatoms. The number of fused-ring (bicyclic) bond motifs is 1. The van der Waals surface area contributed by atoms with Gasteiger partial charge in [-0.2, -0.15) is 0 Å². The molecule has 0 saturated carbocycles. The van der Waals surface area contributed by atoms with E-state index in [9.17, 15) is 4.79 Å². The van der Waals surface area contributed by atoms with E-state index in [4.69, 9.17) is 0 Å². The lowest BCUT2D eigenvalue weighted by molar-refractivity contribution is -0.119. The molecular formula is C8H10N2OS. The summed E-state index contributed by atoms with van der Waals surface area (Å²) in [5.41, 5.74) is 1.42. The second-order valence-corrected chi connectivity index (χ2v) is 4.15. The fourth-order valence-electron chi connectivity index (χ4n) is 1.16. The lowest BCUT2D eigenvalue weighted by atomic mass is 10.0. The maximum atomic E-state index is 11.4. The van der Waals surface area contributed by atoms with Crippen molar-refractivity contribution in [3.63, 3.8) is 0 Å². The summed E-state index contributed by atoms with van der Waals surface area (Å²) in [5.74, 6) is 0.0217. The molecule has 1 aromatic rings. The molecule has 1 aliphatic rings. The Kier molecular flexibility index (Phi) is 1.41. The van der Waals surface area contributed by atoms with Gasteiger partial charge < -0.3 is 10.6 Å². The SMILES string of the molecule is CC1(C)Nc2cscc2NC1=O. The molecule has 64 valence electrons. The fraction of sp³-hybridized carbons (Fsp3) is 0.375. The van der Waals surface area contributed by atoms with Crippen LogP contribution in [-0.2, 0) is 4.79 Å². The summed E-state index contributed by atoms with van der Waals surface area (Å²) in [4.78, 5) is 11.4. The van der Waals surface area contributed by atoms with Crippen molar-refractivity contribution in [1.82, 2.24) is 0 Å². The number of carbonyl (C=O) groups excluding carboxylic acids is 1. The lowest BCUT2D eigenvalue weighted by Gasteiger charge is -2.30. The van der Waals surface area contributed by atoms with E-state index in [1.807, 2.05) is 24.6 Å². The number of amides is 1. The van der Waals surface area contributed by atoms with Gasteiger partial charge in [-0.15, -0.1) is 11.3 Å². The van der Waals surface area contributed by atoms with Gasteiger partial charge in [0.1, 0.15) is 5.54 Å². The van der Waals surface area contributed by atoms with Gasteiger partial charge in [-0.05, 0) is 13.8 Å². The number of nitrogens with one attached hydrogen (secondary N) is 2. The molecule has 0 radical (unpaired) electrons. The Morgan fingerprint density at radius 3 is 2.75 bits per heavy atom. The largest absolute Gasteiger partial charge is 0.369 e. The lowest BCUT2D eigenvalue weighted by Crippen LogP contribution is -2.47. The van der Waals surface area contributed by atoms with Crippen LogP contribution in [0.25, 0.3) is 0 Å². The minimum Gasteiger partial charge on any atom is -0.369 e. The summed E-state index contributed by atoms with van der Waals surface area (Å²) in [6.07, 6.45) is 0. The monoisotopic (exact) mass is 182 g/mol. The highest BCUT2D eigenvalue weighted by Crippen LogP contribution is 2.33. The van der Waals surface area contributed by atoms with Crippen LogP contribution in [0.15, 0.2) is 10.8 Å². The van der Waals surface area contributed by atoms with Crippen LogP contribution in [-0.4, -0.2) is 11.4 Å². The highest BCUT2D eigenvalue weighted by molar-refractivity contribution is 7.09. The molecule has 3 nitrogen and oxygen atoms in total.